The number of hydrogen-bond acceptors (Lipinski definition) is 4. The minimum atomic E-state index is -0.216. The molecule has 0 saturated heterocycles. The molecule has 0 aliphatic rings. The highest BCUT2D eigenvalue weighted by Crippen LogP contribution is 2.24. The minimum Gasteiger partial charge on any atom is -0.354 e. The van der Waals surface area contributed by atoms with Gasteiger partial charge in [0.25, 0.3) is 0 Å². The molecule has 23 heavy (non-hydrogen) atoms. The van der Waals surface area contributed by atoms with Gasteiger partial charge in [-0.05, 0) is 19.4 Å². The maximum absolute atomic E-state index is 12.3. The van der Waals surface area contributed by atoms with E-state index in [1.165, 1.54) is 22.9 Å². The van der Waals surface area contributed by atoms with Crippen molar-refractivity contribution in [3.63, 3.8) is 0 Å². The molecule has 1 aromatic carbocycles. The second-order valence-electron chi connectivity index (χ2n) is 6.46. The van der Waals surface area contributed by atoms with Gasteiger partial charge in [-0.1, -0.05) is 55.4 Å². The number of nitrogens with one attached hydrogen (secondary N) is 1. The van der Waals surface area contributed by atoms with Crippen LogP contribution in [0.4, 0.5) is 0 Å². The summed E-state index contributed by atoms with van der Waals surface area (Å²) in [6.07, 6.45) is 1.63. The van der Waals surface area contributed by atoms with Crippen LogP contribution in [0.3, 0.4) is 0 Å². The number of benzene rings is 1. The molecule has 1 amide bonds. The van der Waals surface area contributed by atoms with Gasteiger partial charge < -0.3 is 9.88 Å². The van der Waals surface area contributed by atoms with Crippen molar-refractivity contribution >= 4 is 17.7 Å². The van der Waals surface area contributed by atoms with Crippen LogP contribution in [0.5, 0.6) is 0 Å². The van der Waals surface area contributed by atoms with E-state index in [9.17, 15) is 4.79 Å². The van der Waals surface area contributed by atoms with E-state index in [0.717, 1.165) is 5.16 Å². The van der Waals surface area contributed by atoms with Crippen molar-refractivity contribution in [1.82, 2.24) is 20.1 Å². The van der Waals surface area contributed by atoms with Gasteiger partial charge in [-0.2, -0.15) is 0 Å². The Morgan fingerprint density at radius 1 is 1.43 bits per heavy atom. The first-order valence-corrected chi connectivity index (χ1v) is 8.53. The molecule has 0 fully saturated rings. The van der Waals surface area contributed by atoms with Crippen LogP contribution in [0.2, 0.25) is 0 Å². The number of rotatable bonds is 6. The van der Waals surface area contributed by atoms with Crippen LogP contribution < -0.4 is 5.32 Å². The highest BCUT2D eigenvalue weighted by atomic mass is 32.2. The Morgan fingerprint density at radius 2 is 2.17 bits per heavy atom. The van der Waals surface area contributed by atoms with Crippen LogP contribution in [0.1, 0.15) is 31.9 Å². The molecule has 1 heterocycles. The quantitative estimate of drug-likeness (QED) is 0.826. The molecule has 0 saturated carbocycles. The smallest absolute Gasteiger partial charge is 0.233 e. The maximum atomic E-state index is 12.3. The van der Waals surface area contributed by atoms with E-state index in [4.69, 9.17) is 0 Å². The summed E-state index contributed by atoms with van der Waals surface area (Å²) >= 11 is 1.41. The second-order valence-corrected chi connectivity index (χ2v) is 7.76. The molecule has 2 aromatic rings. The van der Waals surface area contributed by atoms with Gasteiger partial charge in [-0.3, -0.25) is 4.79 Å². The van der Waals surface area contributed by atoms with E-state index in [1.807, 2.05) is 18.5 Å². The lowest BCUT2D eigenvalue weighted by molar-refractivity contribution is -0.120. The summed E-state index contributed by atoms with van der Waals surface area (Å²) in [5.41, 5.74) is 2.34. The third-order valence-electron chi connectivity index (χ3n) is 3.83. The van der Waals surface area contributed by atoms with Crippen LogP contribution in [0.15, 0.2) is 35.7 Å². The van der Waals surface area contributed by atoms with Gasteiger partial charge >= 0.3 is 0 Å². The van der Waals surface area contributed by atoms with E-state index in [2.05, 4.69) is 60.6 Å². The molecular formula is C17H24N4OS. The SMILES string of the molecule is Cc1cccc(C(C)(C)CNC(=O)[C@H](C)Sc2nncn2C)c1. The first-order chi connectivity index (χ1) is 10.8. The standard InChI is InChI=1S/C17H24N4OS/c1-12-7-6-8-14(9-12)17(3,4)10-18-15(22)13(2)23-16-20-19-11-21(16)5/h6-9,11,13H,10H2,1-5H3,(H,18,22)/t13-/m0/s1. The predicted octanol–water partition coefficient (Wildman–Crippen LogP) is 2.70. The molecular weight excluding hydrogens is 308 g/mol. The lowest BCUT2D eigenvalue weighted by Crippen LogP contribution is -2.40. The topological polar surface area (TPSA) is 59.8 Å². The summed E-state index contributed by atoms with van der Waals surface area (Å²) < 4.78 is 1.81. The molecule has 0 unspecified atom stereocenters. The second kappa shape index (κ2) is 7.17. The van der Waals surface area contributed by atoms with Crippen LogP contribution in [0.25, 0.3) is 0 Å². The number of aromatic nitrogens is 3. The molecule has 0 spiro atoms. The highest BCUT2D eigenvalue weighted by molar-refractivity contribution is 8.00. The zero-order valence-corrected chi connectivity index (χ0v) is 15.1. The van der Waals surface area contributed by atoms with Gasteiger partial charge in [-0.25, -0.2) is 0 Å². The Hall–Kier alpha value is -1.82. The molecule has 2 rings (SSSR count). The largest absolute Gasteiger partial charge is 0.354 e. The Labute approximate surface area is 141 Å². The number of amides is 1. The third kappa shape index (κ3) is 4.58. The summed E-state index contributed by atoms with van der Waals surface area (Å²) in [5.74, 6) is 0.0127. The van der Waals surface area contributed by atoms with Crippen LogP contribution in [0, 0.1) is 6.92 Å². The van der Waals surface area contributed by atoms with E-state index in [1.54, 1.807) is 6.33 Å². The average Bonchev–Trinajstić information content (AvgIpc) is 2.90. The number of hydrogen-bond donors (Lipinski definition) is 1. The molecule has 6 heteroatoms. The molecule has 1 aromatic heterocycles. The first-order valence-electron chi connectivity index (χ1n) is 7.65. The summed E-state index contributed by atoms with van der Waals surface area (Å²) in [4.78, 5) is 12.3. The van der Waals surface area contributed by atoms with Crippen molar-refractivity contribution in [2.45, 2.75) is 43.5 Å². The summed E-state index contributed by atoms with van der Waals surface area (Å²) in [6, 6.07) is 8.42. The summed E-state index contributed by atoms with van der Waals surface area (Å²) in [7, 11) is 1.87. The van der Waals surface area contributed by atoms with Crippen LogP contribution in [-0.2, 0) is 17.3 Å². The lowest BCUT2D eigenvalue weighted by Gasteiger charge is -2.26. The first kappa shape index (κ1) is 17.5. The summed E-state index contributed by atoms with van der Waals surface area (Å²) in [5, 5.41) is 11.4. The Morgan fingerprint density at radius 3 is 2.78 bits per heavy atom. The third-order valence-corrected chi connectivity index (χ3v) is 4.97. The van der Waals surface area contributed by atoms with Gasteiger partial charge in [0.15, 0.2) is 5.16 Å². The van der Waals surface area contributed by atoms with Crippen LogP contribution >= 0.6 is 11.8 Å². The summed E-state index contributed by atoms with van der Waals surface area (Å²) in [6.45, 7) is 8.84. The van der Waals surface area contributed by atoms with E-state index in [-0.39, 0.29) is 16.6 Å². The zero-order valence-electron chi connectivity index (χ0n) is 14.3. The number of carbonyl (C=O) groups excluding carboxylic acids is 1. The molecule has 0 radical (unpaired) electrons. The van der Waals surface area contributed by atoms with Crippen molar-refractivity contribution in [1.29, 1.82) is 0 Å². The molecule has 5 nitrogen and oxygen atoms in total. The molecule has 1 atom stereocenters. The van der Waals surface area contributed by atoms with E-state index in [0.29, 0.717) is 6.54 Å². The fraction of sp³-hybridized carbons (Fsp3) is 0.471. The van der Waals surface area contributed by atoms with Gasteiger partial charge in [0.1, 0.15) is 6.33 Å². The molecule has 0 aliphatic carbocycles. The van der Waals surface area contributed by atoms with Crippen molar-refractivity contribution in [2.24, 2.45) is 7.05 Å². The minimum absolute atomic E-state index is 0.0127. The van der Waals surface area contributed by atoms with Crippen molar-refractivity contribution < 1.29 is 4.79 Å². The molecule has 1 N–H and O–H groups in total. The predicted molar refractivity (Wildman–Crippen MR) is 93.5 cm³/mol. The number of thioether (sulfide) groups is 1. The van der Waals surface area contributed by atoms with Gasteiger partial charge in [-0.15, -0.1) is 10.2 Å². The number of aryl methyl sites for hydroxylation is 2. The zero-order chi connectivity index (χ0) is 17.0. The van der Waals surface area contributed by atoms with Crippen LogP contribution in [-0.4, -0.2) is 32.5 Å². The van der Waals surface area contributed by atoms with Gasteiger partial charge in [0.2, 0.25) is 5.91 Å². The fourth-order valence-corrected chi connectivity index (χ4v) is 3.03. The molecule has 0 bridgehead atoms. The maximum Gasteiger partial charge on any atom is 0.233 e. The monoisotopic (exact) mass is 332 g/mol. The lowest BCUT2D eigenvalue weighted by atomic mass is 9.84. The normalized spacial score (nSPS) is 12.9. The molecule has 0 aliphatic heterocycles. The van der Waals surface area contributed by atoms with Crippen molar-refractivity contribution in [3.05, 3.63) is 41.7 Å². The van der Waals surface area contributed by atoms with E-state index < -0.39 is 0 Å². The van der Waals surface area contributed by atoms with Gasteiger partial charge in [0, 0.05) is 19.0 Å². The Balaban J connectivity index is 1.94. The molecule has 124 valence electrons. The van der Waals surface area contributed by atoms with Gasteiger partial charge in [0.05, 0.1) is 5.25 Å². The van der Waals surface area contributed by atoms with Crippen molar-refractivity contribution in [3.8, 4) is 0 Å². The van der Waals surface area contributed by atoms with E-state index >= 15 is 0 Å². The average molecular weight is 332 g/mol. The number of carbonyl (C=O) groups is 1. The fourth-order valence-electron chi connectivity index (χ4n) is 2.21. The Kier molecular flexibility index (Phi) is 5.46. The highest BCUT2D eigenvalue weighted by Gasteiger charge is 2.24. The Bertz CT molecular complexity index is 681. The number of nitrogens with zero attached hydrogens (tertiary/aromatic N) is 3. The van der Waals surface area contributed by atoms with Crippen molar-refractivity contribution in [2.75, 3.05) is 6.54 Å².